The first kappa shape index (κ1) is 66.6. The van der Waals surface area contributed by atoms with Gasteiger partial charge in [0.25, 0.3) is 0 Å². The molecule has 0 spiro atoms. The van der Waals surface area contributed by atoms with Crippen molar-refractivity contribution in [3.05, 3.63) is 387 Å². The van der Waals surface area contributed by atoms with Crippen LogP contribution in [-0.4, -0.2) is 39.9 Å². The topological polar surface area (TPSA) is 103 Å². The summed E-state index contributed by atoms with van der Waals surface area (Å²) in [4.78, 5) is 38.3. The Hall–Kier alpha value is -14.1. The molecule has 4 heterocycles. The third-order valence-corrected chi connectivity index (χ3v) is 22.1. The van der Waals surface area contributed by atoms with Crippen molar-refractivity contribution in [3.63, 3.8) is 0 Å². The van der Waals surface area contributed by atoms with Crippen molar-refractivity contribution in [2.24, 2.45) is 0 Å². The molecule has 0 N–H and O–H groups in total. The van der Waals surface area contributed by atoms with E-state index in [9.17, 15) is 0 Å². The number of benzene rings is 14. The molecule has 0 bridgehead atoms. The van der Waals surface area contributed by atoms with Gasteiger partial charge in [-0.05, 0) is 158 Å². The predicted octanol–water partition coefficient (Wildman–Crippen LogP) is 25.5. The summed E-state index contributed by atoms with van der Waals surface area (Å²) in [6.07, 6.45) is 5.43. The number of hydrogen-bond donors (Lipinski definition) is 0. The van der Waals surface area contributed by atoms with Crippen LogP contribution in [0.15, 0.2) is 364 Å². The first-order valence-corrected chi connectivity index (χ1v) is 37.4. The average molecular weight is 1410 g/mol. The van der Waals surface area contributed by atoms with Crippen LogP contribution in [0.2, 0.25) is 0 Å². The third kappa shape index (κ3) is 12.4. The molecule has 14 aromatic carbocycles. The molecular formula is C102H72N8. The summed E-state index contributed by atoms with van der Waals surface area (Å²) in [6, 6.07) is 122. The van der Waals surface area contributed by atoms with Crippen LogP contribution in [0.3, 0.4) is 0 Å². The van der Waals surface area contributed by atoms with Crippen molar-refractivity contribution in [3.8, 4) is 157 Å². The fraction of sp³-hybridized carbons (Fsp3) is 0.0588. The standard InChI is InChI=1S/2C51H36N4/c1-51(2)44-29-28-41(32-43(44)47-42-13-7-6-10-36(42)27-30-45(47)51)35-17-15-33(16-18-35)34-19-23-39(24-20-34)49-53-48(38-11-4-3-5-12-38)54-50(55-49)40-25-21-37(22-26-40)46-14-8-9-31-52-46;1-51(2)46-27-25-42(32-45(46)44-26-24-38-8-6-7-11-43(38)47(44)51)36-14-12-33(13-15-36)34-16-20-40(21-17-34)49-53-48(39-9-4-3-5-10-39)54-50(55-49)41-22-18-35(19-23-41)37-28-30-52-31-29-37/h2*3-32H,1-2H3. The summed E-state index contributed by atoms with van der Waals surface area (Å²) in [7, 11) is 0. The number of pyridine rings is 2. The zero-order valence-electron chi connectivity index (χ0n) is 61.2. The Bertz CT molecular complexity index is 6490. The third-order valence-electron chi connectivity index (χ3n) is 22.1. The summed E-state index contributed by atoms with van der Waals surface area (Å²) >= 11 is 0. The van der Waals surface area contributed by atoms with Gasteiger partial charge in [0.1, 0.15) is 0 Å². The maximum atomic E-state index is 4.98. The van der Waals surface area contributed by atoms with Gasteiger partial charge in [-0.1, -0.05) is 337 Å². The smallest absolute Gasteiger partial charge is 0.164 e. The Morgan fingerprint density at radius 1 is 0.209 bits per heavy atom. The fourth-order valence-electron chi connectivity index (χ4n) is 16.2. The molecule has 0 radical (unpaired) electrons. The second kappa shape index (κ2) is 27.7. The first-order valence-electron chi connectivity index (χ1n) is 37.4. The van der Waals surface area contributed by atoms with Crippen LogP contribution in [0.4, 0.5) is 0 Å². The summed E-state index contributed by atoms with van der Waals surface area (Å²) in [5.41, 5.74) is 30.1. The molecule has 2 aliphatic rings. The van der Waals surface area contributed by atoms with Crippen LogP contribution in [0.5, 0.6) is 0 Å². The van der Waals surface area contributed by atoms with E-state index < -0.39 is 0 Å². The minimum Gasteiger partial charge on any atom is -0.265 e. The summed E-state index contributed by atoms with van der Waals surface area (Å²) in [5, 5.41) is 5.25. The lowest BCUT2D eigenvalue weighted by Gasteiger charge is -2.23. The van der Waals surface area contributed by atoms with Gasteiger partial charge in [0.2, 0.25) is 0 Å². The minimum atomic E-state index is -0.0571. The molecule has 8 heteroatoms. The van der Waals surface area contributed by atoms with Gasteiger partial charge < -0.3 is 0 Å². The van der Waals surface area contributed by atoms with E-state index in [4.69, 9.17) is 29.9 Å². The van der Waals surface area contributed by atoms with Crippen molar-refractivity contribution < 1.29 is 0 Å². The van der Waals surface area contributed by atoms with E-state index in [1.807, 2.05) is 110 Å². The lowest BCUT2D eigenvalue weighted by molar-refractivity contribution is 0.661. The van der Waals surface area contributed by atoms with Gasteiger partial charge in [0, 0.05) is 68.4 Å². The van der Waals surface area contributed by atoms with Crippen molar-refractivity contribution in [1.29, 1.82) is 0 Å². The number of hydrogen-bond acceptors (Lipinski definition) is 8. The van der Waals surface area contributed by atoms with Crippen molar-refractivity contribution >= 4 is 21.5 Å². The van der Waals surface area contributed by atoms with Crippen molar-refractivity contribution in [2.75, 3.05) is 0 Å². The Kier molecular flexibility index (Phi) is 16.8. The molecule has 8 nitrogen and oxygen atoms in total. The average Bonchev–Trinajstić information content (AvgIpc) is 1.57. The Balaban J connectivity index is 0.000000149. The van der Waals surface area contributed by atoms with Gasteiger partial charge in [0.05, 0.1) is 5.69 Å². The zero-order chi connectivity index (χ0) is 73.9. The van der Waals surface area contributed by atoms with E-state index >= 15 is 0 Å². The van der Waals surface area contributed by atoms with E-state index in [0.717, 1.165) is 78.0 Å². The fourth-order valence-corrected chi connectivity index (χ4v) is 16.2. The number of fused-ring (bicyclic) bond motifs is 10. The van der Waals surface area contributed by atoms with Gasteiger partial charge >= 0.3 is 0 Å². The molecule has 20 rings (SSSR count). The van der Waals surface area contributed by atoms with Crippen molar-refractivity contribution in [1.82, 2.24) is 39.9 Å². The molecular weight excluding hydrogens is 1340 g/mol. The van der Waals surface area contributed by atoms with Gasteiger partial charge in [-0.25, -0.2) is 29.9 Å². The van der Waals surface area contributed by atoms with Crippen LogP contribution in [0.1, 0.15) is 49.9 Å². The Morgan fingerprint density at radius 2 is 0.536 bits per heavy atom. The van der Waals surface area contributed by atoms with E-state index in [0.29, 0.717) is 34.9 Å². The highest BCUT2D eigenvalue weighted by molar-refractivity contribution is 6.03. The zero-order valence-corrected chi connectivity index (χ0v) is 61.2. The second-order valence-electron chi connectivity index (χ2n) is 29.4. The van der Waals surface area contributed by atoms with Crippen molar-refractivity contribution in [2.45, 2.75) is 38.5 Å². The van der Waals surface area contributed by atoms with Crippen LogP contribution >= 0.6 is 0 Å². The number of aromatic nitrogens is 8. The molecule has 0 atom stereocenters. The van der Waals surface area contributed by atoms with Crippen LogP contribution < -0.4 is 0 Å². The summed E-state index contributed by atoms with van der Waals surface area (Å²) < 4.78 is 0. The predicted molar refractivity (Wildman–Crippen MR) is 451 cm³/mol. The van der Waals surface area contributed by atoms with Gasteiger partial charge in [0.15, 0.2) is 34.9 Å². The molecule has 0 saturated carbocycles. The first-order chi connectivity index (χ1) is 54.0. The molecule has 0 unspecified atom stereocenters. The molecule has 0 saturated heterocycles. The van der Waals surface area contributed by atoms with Gasteiger partial charge in [-0.3, -0.25) is 9.97 Å². The molecule has 520 valence electrons. The highest BCUT2D eigenvalue weighted by atomic mass is 15.0. The number of nitrogens with zero attached hydrogens (tertiary/aromatic N) is 8. The quantitative estimate of drug-likeness (QED) is 0.119. The molecule has 0 aliphatic heterocycles. The Labute approximate surface area is 640 Å². The summed E-state index contributed by atoms with van der Waals surface area (Å²) in [5.74, 6) is 3.82. The van der Waals surface area contributed by atoms with E-state index in [-0.39, 0.29) is 10.8 Å². The molecule has 110 heavy (non-hydrogen) atoms. The van der Waals surface area contributed by atoms with Crippen LogP contribution in [-0.2, 0) is 10.8 Å². The lowest BCUT2D eigenvalue weighted by atomic mass is 9.80. The van der Waals surface area contributed by atoms with Gasteiger partial charge in [-0.15, -0.1) is 0 Å². The highest BCUT2D eigenvalue weighted by Gasteiger charge is 2.38. The molecule has 0 fully saturated rings. The lowest BCUT2D eigenvalue weighted by Crippen LogP contribution is -2.15. The molecule has 2 aliphatic carbocycles. The van der Waals surface area contributed by atoms with E-state index in [1.165, 1.54) is 88.3 Å². The number of rotatable bonds is 12. The molecule has 4 aromatic heterocycles. The molecule has 0 amide bonds. The van der Waals surface area contributed by atoms with Crippen LogP contribution in [0, 0.1) is 0 Å². The minimum absolute atomic E-state index is 0.0404. The summed E-state index contributed by atoms with van der Waals surface area (Å²) in [6.45, 7) is 9.40. The monoisotopic (exact) mass is 1410 g/mol. The van der Waals surface area contributed by atoms with Crippen LogP contribution in [0.25, 0.3) is 179 Å². The SMILES string of the molecule is CC1(C)c2ccc(-c3ccc(-c4ccc(-c5nc(-c6ccccc6)nc(-c6ccc(-c7ccccn7)cc6)n5)cc4)cc3)cc2-c2c1ccc1ccccc21.CC1(C)c2ccc(-c3ccc(-c4ccc(-c5nc(-c6ccccc6)nc(-c6ccc(-c7ccncc7)cc6)n5)cc4)cc3)cc2-c2ccc3ccccc3c21. The van der Waals surface area contributed by atoms with E-state index in [1.54, 1.807) is 0 Å². The highest BCUT2D eigenvalue weighted by Crippen LogP contribution is 2.54. The maximum absolute atomic E-state index is 4.98. The van der Waals surface area contributed by atoms with Gasteiger partial charge in [-0.2, -0.15) is 0 Å². The normalized spacial score (nSPS) is 12.7. The largest absolute Gasteiger partial charge is 0.265 e. The second-order valence-corrected chi connectivity index (χ2v) is 29.4. The maximum Gasteiger partial charge on any atom is 0.164 e. The van der Waals surface area contributed by atoms with E-state index in [2.05, 4.69) is 292 Å². The molecule has 18 aromatic rings. The Morgan fingerprint density at radius 3 is 0.982 bits per heavy atom.